The number of rotatable bonds is 2. The van der Waals surface area contributed by atoms with Gasteiger partial charge in [-0.1, -0.05) is 23.7 Å². The first-order valence-electron chi connectivity index (χ1n) is 5.38. The molecule has 0 fully saturated rings. The van der Waals surface area contributed by atoms with E-state index in [1.807, 2.05) is 35.6 Å². The van der Waals surface area contributed by atoms with Crippen molar-refractivity contribution in [1.82, 2.24) is 9.38 Å². The second kappa shape index (κ2) is 4.23. The Bertz CT molecular complexity index is 727. The lowest BCUT2D eigenvalue weighted by molar-refractivity contribution is 0.111. The summed E-state index contributed by atoms with van der Waals surface area (Å²) >= 11 is 7.47. The van der Waals surface area contributed by atoms with Gasteiger partial charge >= 0.3 is 0 Å². The van der Waals surface area contributed by atoms with Crippen molar-refractivity contribution in [1.29, 1.82) is 0 Å². The minimum absolute atomic E-state index is 0.569. The van der Waals surface area contributed by atoms with Crippen LogP contribution in [0.15, 0.2) is 30.5 Å². The quantitative estimate of drug-likeness (QED) is 0.667. The lowest BCUT2D eigenvalue weighted by Gasteiger charge is -2.03. The molecule has 3 nitrogen and oxygen atoms in total. The van der Waals surface area contributed by atoms with Gasteiger partial charge in [0.15, 0.2) is 11.2 Å². The third-order valence-electron chi connectivity index (χ3n) is 2.80. The van der Waals surface area contributed by atoms with Crippen LogP contribution in [0, 0.1) is 6.92 Å². The average molecular weight is 277 g/mol. The van der Waals surface area contributed by atoms with Gasteiger partial charge in [-0.25, -0.2) is 4.98 Å². The van der Waals surface area contributed by atoms with Crippen LogP contribution in [0.25, 0.3) is 16.2 Å². The third kappa shape index (κ3) is 1.65. The third-order valence-corrected chi connectivity index (χ3v) is 4.02. The fraction of sp³-hybridized carbons (Fsp3) is 0.0769. The van der Waals surface area contributed by atoms with Crippen LogP contribution in [0.5, 0.6) is 0 Å². The van der Waals surface area contributed by atoms with Crippen molar-refractivity contribution in [3.8, 4) is 11.3 Å². The molecule has 0 saturated carbocycles. The molecule has 90 valence electrons. The van der Waals surface area contributed by atoms with Crippen molar-refractivity contribution >= 4 is 34.2 Å². The molecule has 3 rings (SSSR count). The minimum atomic E-state index is 0.569. The summed E-state index contributed by atoms with van der Waals surface area (Å²) in [6.07, 6.45) is 2.42. The van der Waals surface area contributed by atoms with Crippen molar-refractivity contribution < 1.29 is 4.79 Å². The molecule has 0 spiro atoms. The van der Waals surface area contributed by atoms with E-state index >= 15 is 0 Å². The lowest BCUT2D eigenvalue weighted by atomic mass is 10.1. The maximum Gasteiger partial charge on any atom is 0.194 e. The maximum atomic E-state index is 11.1. The normalized spacial score (nSPS) is 11.0. The van der Waals surface area contributed by atoms with Crippen molar-refractivity contribution in [3.05, 3.63) is 46.1 Å². The Kier molecular flexibility index (Phi) is 2.69. The number of aldehydes is 1. The highest BCUT2D eigenvalue weighted by atomic mass is 35.5. The first-order chi connectivity index (χ1) is 8.70. The molecule has 0 aliphatic heterocycles. The molecule has 0 atom stereocenters. The number of hydrogen-bond acceptors (Lipinski definition) is 3. The van der Waals surface area contributed by atoms with E-state index < -0.39 is 0 Å². The Morgan fingerprint density at radius 1 is 1.33 bits per heavy atom. The van der Waals surface area contributed by atoms with E-state index in [-0.39, 0.29) is 0 Å². The molecule has 0 aliphatic carbocycles. The predicted octanol–water partition coefficient (Wildman–Crippen LogP) is 3.84. The summed E-state index contributed by atoms with van der Waals surface area (Å²) in [5.74, 6) is 0. The molecule has 0 unspecified atom stereocenters. The Labute approximate surface area is 113 Å². The molecule has 1 aromatic carbocycles. The van der Waals surface area contributed by atoms with Gasteiger partial charge in [-0.3, -0.25) is 9.20 Å². The molecular weight excluding hydrogens is 268 g/mol. The lowest BCUT2D eigenvalue weighted by Crippen LogP contribution is -1.92. The van der Waals surface area contributed by atoms with Gasteiger partial charge in [0.2, 0.25) is 0 Å². The number of benzene rings is 1. The highest BCUT2D eigenvalue weighted by Gasteiger charge is 2.14. The molecule has 3 aromatic rings. The van der Waals surface area contributed by atoms with E-state index in [2.05, 4.69) is 4.98 Å². The zero-order chi connectivity index (χ0) is 12.7. The summed E-state index contributed by atoms with van der Waals surface area (Å²) in [7, 11) is 0. The van der Waals surface area contributed by atoms with Crippen molar-refractivity contribution in [3.63, 3.8) is 0 Å². The molecule has 0 bridgehead atoms. The van der Waals surface area contributed by atoms with Gasteiger partial charge in [-0.15, -0.1) is 11.3 Å². The number of aryl methyl sites for hydroxylation is 1. The molecule has 0 N–H and O–H groups in total. The standard InChI is InChI=1S/C13H9ClN2OS/c1-8-12(9-2-4-10(14)5-3-9)16-11(7-17)6-15-13(16)18-8/h2-7H,1H3. The van der Waals surface area contributed by atoms with Crippen molar-refractivity contribution in [2.75, 3.05) is 0 Å². The Hall–Kier alpha value is -1.65. The molecule has 2 heterocycles. The molecular formula is C13H9ClN2OS. The summed E-state index contributed by atoms with van der Waals surface area (Å²) in [6.45, 7) is 2.03. The number of carbonyl (C=O) groups excluding carboxylic acids is 1. The predicted molar refractivity (Wildman–Crippen MR) is 73.6 cm³/mol. The van der Waals surface area contributed by atoms with E-state index in [1.54, 1.807) is 17.5 Å². The Morgan fingerprint density at radius 2 is 2.06 bits per heavy atom. The van der Waals surface area contributed by atoms with E-state index in [0.717, 1.165) is 27.4 Å². The fourth-order valence-corrected chi connectivity index (χ4v) is 3.11. The summed E-state index contributed by atoms with van der Waals surface area (Å²) in [4.78, 5) is 17.3. The van der Waals surface area contributed by atoms with E-state index in [9.17, 15) is 4.79 Å². The van der Waals surface area contributed by atoms with E-state index in [0.29, 0.717) is 10.7 Å². The SMILES string of the molecule is Cc1sc2ncc(C=O)n2c1-c1ccc(Cl)cc1. The number of imidazole rings is 1. The molecule has 0 saturated heterocycles. The van der Waals surface area contributed by atoms with Gasteiger partial charge in [-0.2, -0.15) is 0 Å². The van der Waals surface area contributed by atoms with Crippen LogP contribution in [-0.2, 0) is 0 Å². The van der Waals surface area contributed by atoms with Gasteiger partial charge in [0.25, 0.3) is 0 Å². The average Bonchev–Trinajstić information content (AvgIpc) is 2.88. The Morgan fingerprint density at radius 3 is 2.72 bits per heavy atom. The molecule has 0 radical (unpaired) electrons. The second-order valence-electron chi connectivity index (χ2n) is 3.93. The smallest absolute Gasteiger partial charge is 0.194 e. The fourth-order valence-electron chi connectivity index (χ4n) is 2.01. The van der Waals surface area contributed by atoms with Crippen LogP contribution < -0.4 is 0 Å². The Balaban J connectivity index is 2.33. The van der Waals surface area contributed by atoms with Gasteiger partial charge in [0, 0.05) is 9.90 Å². The topological polar surface area (TPSA) is 34.4 Å². The maximum absolute atomic E-state index is 11.1. The second-order valence-corrected chi connectivity index (χ2v) is 5.55. The van der Waals surface area contributed by atoms with E-state index in [1.165, 1.54) is 0 Å². The highest BCUT2D eigenvalue weighted by molar-refractivity contribution is 7.17. The molecule has 2 aromatic heterocycles. The van der Waals surface area contributed by atoms with Crippen LogP contribution in [0.2, 0.25) is 5.02 Å². The van der Waals surface area contributed by atoms with Gasteiger partial charge in [0.1, 0.15) is 5.69 Å². The van der Waals surface area contributed by atoms with E-state index in [4.69, 9.17) is 11.6 Å². The van der Waals surface area contributed by atoms with Crippen LogP contribution in [0.4, 0.5) is 0 Å². The first kappa shape index (κ1) is 11.4. The summed E-state index contributed by atoms with van der Waals surface area (Å²) in [5.41, 5.74) is 2.61. The number of nitrogens with zero attached hydrogens (tertiary/aromatic N) is 2. The minimum Gasteiger partial charge on any atom is -0.296 e. The van der Waals surface area contributed by atoms with Crippen LogP contribution in [-0.4, -0.2) is 15.7 Å². The summed E-state index contributed by atoms with van der Waals surface area (Å²) in [5, 5.41) is 0.698. The first-order valence-corrected chi connectivity index (χ1v) is 6.58. The molecule has 0 aliphatic rings. The van der Waals surface area contributed by atoms with Gasteiger partial charge in [-0.05, 0) is 24.6 Å². The van der Waals surface area contributed by atoms with Crippen molar-refractivity contribution in [2.45, 2.75) is 6.92 Å². The number of hydrogen-bond donors (Lipinski definition) is 0. The highest BCUT2D eigenvalue weighted by Crippen LogP contribution is 2.32. The largest absolute Gasteiger partial charge is 0.296 e. The zero-order valence-electron chi connectivity index (χ0n) is 9.55. The number of fused-ring (bicyclic) bond motifs is 1. The molecule has 0 amide bonds. The van der Waals surface area contributed by atoms with Crippen LogP contribution in [0.1, 0.15) is 15.4 Å². The number of carbonyl (C=O) groups is 1. The van der Waals surface area contributed by atoms with Gasteiger partial charge < -0.3 is 0 Å². The van der Waals surface area contributed by atoms with Crippen molar-refractivity contribution in [2.24, 2.45) is 0 Å². The summed E-state index contributed by atoms with van der Waals surface area (Å²) in [6, 6.07) is 7.59. The number of thiazole rings is 1. The summed E-state index contributed by atoms with van der Waals surface area (Å²) < 4.78 is 1.89. The zero-order valence-corrected chi connectivity index (χ0v) is 11.1. The van der Waals surface area contributed by atoms with Crippen LogP contribution >= 0.6 is 22.9 Å². The number of aromatic nitrogens is 2. The monoisotopic (exact) mass is 276 g/mol. The van der Waals surface area contributed by atoms with Crippen LogP contribution in [0.3, 0.4) is 0 Å². The number of halogens is 1. The molecule has 5 heteroatoms. The molecule has 18 heavy (non-hydrogen) atoms. The van der Waals surface area contributed by atoms with Gasteiger partial charge in [0.05, 0.1) is 11.9 Å².